The summed E-state index contributed by atoms with van der Waals surface area (Å²) >= 11 is 0. The fraction of sp³-hybridized carbons (Fsp3) is 0.588. The number of hydrogen-bond donors (Lipinski definition) is 1. The zero-order valence-electron chi connectivity index (χ0n) is 14.1. The topological polar surface area (TPSA) is 60.0 Å². The van der Waals surface area contributed by atoms with Gasteiger partial charge in [-0.1, -0.05) is 0 Å². The minimum atomic E-state index is -0.343. The summed E-state index contributed by atoms with van der Waals surface area (Å²) in [5.74, 6) is 1.54. The smallest absolute Gasteiger partial charge is 0.244 e. The molecule has 2 rings (SSSR count). The summed E-state index contributed by atoms with van der Waals surface area (Å²) in [5.41, 5.74) is 0.770. The first-order chi connectivity index (χ1) is 11.2. The van der Waals surface area contributed by atoms with Gasteiger partial charge < -0.3 is 24.4 Å². The van der Waals surface area contributed by atoms with E-state index in [9.17, 15) is 4.79 Å². The summed E-state index contributed by atoms with van der Waals surface area (Å²) < 4.78 is 16.5. The zero-order chi connectivity index (χ0) is 16.7. The van der Waals surface area contributed by atoms with Crippen LogP contribution in [-0.4, -0.2) is 56.4 Å². The first kappa shape index (κ1) is 17.4. The van der Waals surface area contributed by atoms with Crippen molar-refractivity contribution >= 4 is 11.6 Å². The van der Waals surface area contributed by atoms with Crippen LogP contribution in [0.5, 0.6) is 11.5 Å². The monoisotopic (exact) mass is 322 g/mol. The number of nitrogens with one attached hydrogen (secondary N) is 1. The molecule has 6 heteroatoms. The molecule has 0 aliphatic carbocycles. The molecule has 1 N–H and O–H groups in total. The minimum Gasteiger partial charge on any atom is -0.494 e. The van der Waals surface area contributed by atoms with Gasteiger partial charge in [-0.3, -0.25) is 4.79 Å². The molecule has 1 aliphatic rings. The van der Waals surface area contributed by atoms with Crippen molar-refractivity contribution in [2.24, 2.45) is 0 Å². The molecule has 1 heterocycles. The second kappa shape index (κ2) is 8.62. The number of rotatable bonds is 7. The normalized spacial score (nSPS) is 15.9. The molecule has 0 aromatic heterocycles. The predicted octanol–water partition coefficient (Wildman–Crippen LogP) is 2.14. The van der Waals surface area contributed by atoms with Crippen LogP contribution in [0.15, 0.2) is 18.2 Å². The van der Waals surface area contributed by atoms with Crippen LogP contribution in [0.3, 0.4) is 0 Å². The van der Waals surface area contributed by atoms with Crippen LogP contribution >= 0.6 is 0 Å². The molecule has 1 aromatic rings. The highest BCUT2D eigenvalue weighted by molar-refractivity contribution is 5.85. The number of ether oxygens (including phenoxy) is 3. The number of anilines is 1. The molecule has 0 unspecified atom stereocenters. The highest BCUT2D eigenvalue weighted by Gasteiger charge is 2.23. The quantitative estimate of drug-likeness (QED) is 0.833. The van der Waals surface area contributed by atoms with Crippen molar-refractivity contribution in [1.29, 1.82) is 0 Å². The molecule has 1 atom stereocenters. The number of nitrogens with zero attached hydrogens (tertiary/aromatic N) is 1. The number of hydrogen-bond acceptors (Lipinski definition) is 5. The van der Waals surface area contributed by atoms with Crippen LogP contribution in [-0.2, 0) is 9.53 Å². The molecule has 1 amide bonds. The van der Waals surface area contributed by atoms with Gasteiger partial charge in [0.2, 0.25) is 5.91 Å². The van der Waals surface area contributed by atoms with E-state index in [0.29, 0.717) is 39.5 Å². The van der Waals surface area contributed by atoms with Gasteiger partial charge in [-0.15, -0.1) is 0 Å². The lowest BCUT2D eigenvalue weighted by Crippen LogP contribution is -2.47. The van der Waals surface area contributed by atoms with Crippen LogP contribution in [0.1, 0.15) is 20.8 Å². The number of carbonyl (C=O) groups is 1. The van der Waals surface area contributed by atoms with Crippen molar-refractivity contribution in [2.75, 3.05) is 44.8 Å². The standard InChI is InChI=1S/C17H26N2O4/c1-4-22-14-6-7-16(23-5-2)15(12-14)18-13(3)17(20)19-8-10-21-11-9-19/h6-7,12-13,18H,4-5,8-11H2,1-3H3/t13-/m1/s1. The molecular weight excluding hydrogens is 296 g/mol. The van der Waals surface area contributed by atoms with Gasteiger partial charge in [0.1, 0.15) is 17.5 Å². The van der Waals surface area contributed by atoms with Crippen molar-refractivity contribution in [3.63, 3.8) is 0 Å². The highest BCUT2D eigenvalue weighted by atomic mass is 16.5. The molecular formula is C17H26N2O4. The lowest BCUT2D eigenvalue weighted by Gasteiger charge is -2.30. The summed E-state index contributed by atoms with van der Waals surface area (Å²) in [7, 11) is 0. The van der Waals surface area contributed by atoms with Gasteiger partial charge in [0.05, 0.1) is 32.1 Å². The Balaban J connectivity index is 2.09. The van der Waals surface area contributed by atoms with E-state index in [-0.39, 0.29) is 11.9 Å². The number of carbonyl (C=O) groups excluding carboxylic acids is 1. The van der Waals surface area contributed by atoms with Crippen molar-refractivity contribution in [1.82, 2.24) is 4.90 Å². The number of morpholine rings is 1. The van der Waals surface area contributed by atoms with E-state index < -0.39 is 0 Å². The van der Waals surface area contributed by atoms with Gasteiger partial charge in [-0.2, -0.15) is 0 Å². The highest BCUT2D eigenvalue weighted by Crippen LogP contribution is 2.30. The van der Waals surface area contributed by atoms with Crippen LogP contribution < -0.4 is 14.8 Å². The van der Waals surface area contributed by atoms with Crippen LogP contribution in [0.4, 0.5) is 5.69 Å². The van der Waals surface area contributed by atoms with Gasteiger partial charge >= 0.3 is 0 Å². The van der Waals surface area contributed by atoms with Gasteiger partial charge in [0, 0.05) is 19.2 Å². The first-order valence-electron chi connectivity index (χ1n) is 8.18. The molecule has 1 aromatic carbocycles. The van der Waals surface area contributed by atoms with Gasteiger partial charge in [0.15, 0.2) is 0 Å². The molecule has 0 spiro atoms. The summed E-state index contributed by atoms with van der Waals surface area (Å²) in [6, 6.07) is 5.26. The number of benzene rings is 1. The second-order valence-corrected chi connectivity index (χ2v) is 5.33. The lowest BCUT2D eigenvalue weighted by molar-refractivity contribution is -0.135. The Morgan fingerprint density at radius 1 is 1.26 bits per heavy atom. The van der Waals surface area contributed by atoms with Crippen molar-refractivity contribution in [3.8, 4) is 11.5 Å². The van der Waals surface area contributed by atoms with Gasteiger partial charge in [0.25, 0.3) is 0 Å². The Hall–Kier alpha value is -1.95. The van der Waals surface area contributed by atoms with E-state index in [1.165, 1.54) is 0 Å². The third-order valence-electron chi connectivity index (χ3n) is 3.63. The maximum Gasteiger partial charge on any atom is 0.244 e. The maximum absolute atomic E-state index is 12.5. The van der Waals surface area contributed by atoms with E-state index in [1.54, 1.807) is 0 Å². The van der Waals surface area contributed by atoms with Crippen LogP contribution in [0.2, 0.25) is 0 Å². The Bertz CT molecular complexity index is 515. The minimum absolute atomic E-state index is 0.0672. The van der Waals surface area contributed by atoms with Crippen molar-refractivity contribution in [3.05, 3.63) is 18.2 Å². The van der Waals surface area contributed by atoms with E-state index >= 15 is 0 Å². The molecule has 6 nitrogen and oxygen atoms in total. The summed E-state index contributed by atoms with van der Waals surface area (Å²) in [6.07, 6.45) is 0. The van der Waals surface area contributed by atoms with E-state index in [1.807, 2.05) is 43.9 Å². The average molecular weight is 322 g/mol. The molecule has 0 saturated carbocycles. The Morgan fingerprint density at radius 2 is 1.96 bits per heavy atom. The molecule has 1 saturated heterocycles. The van der Waals surface area contributed by atoms with Crippen LogP contribution in [0.25, 0.3) is 0 Å². The third kappa shape index (κ3) is 4.76. The molecule has 1 fully saturated rings. The van der Waals surface area contributed by atoms with Crippen molar-refractivity contribution in [2.45, 2.75) is 26.8 Å². The Kier molecular flexibility index (Phi) is 6.52. The first-order valence-corrected chi connectivity index (χ1v) is 8.18. The molecule has 23 heavy (non-hydrogen) atoms. The van der Waals surface area contributed by atoms with Crippen molar-refractivity contribution < 1.29 is 19.0 Å². The predicted molar refractivity (Wildman–Crippen MR) is 89.3 cm³/mol. The molecule has 0 radical (unpaired) electrons. The summed E-state index contributed by atoms with van der Waals surface area (Å²) in [5, 5.41) is 3.25. The lowest BCUT2D eigenvalue weighted by atomic mass is 10.2. The fourth-order valence-corrected chi connectivity index (χ4v) is 2.51. The van der Waals surface area contributed by atoms with Gasteiger partial charge in [-0.25, -0.2) is 0 Å². The van der Waals surface area contributed by atoms with Crippen LogP contribution in [0, 0.1) is 0 Å². The number of amides is 1. The maximum atomic E-state index is 12.5. The molecule has 0 bridgehead atoms. The second-order valence-electron chi connectivity index (χ2n) is 5.33. The van der Waals surface area contributed by atoms with E-state index in [4.69, 9.17) is 14.2 Å². The third-order valence-corrected chi connectivity index (χ3v) is 3.63. The zero-order valence-corrected chi connectivity index (χ0v) is 14.1. The Morgan fingerprint density at radius 3 is 2.61 bits per heavy atom. The summed E-state index contributed by atoms with van der Waals surface area (Å²) in [6.45, 7) is 9.37. The largest absolute Gasteiger partial charge is 0.494 e. The Labute approximate surface area is 137 Å². The van der Waals surface area contributed by atoms with Gasteiger partial charge in [-0.05, 0) is 32.9 Å². The van der Waals surface area contributed by atoms with E-state index in [0.717, 1.165) is 17.2 Å². The summed E-state index contributed by atoms with van der Waals surface area (Å²) in [4.78, 5) is 14.3. The molecule has 128 valence electrons. The fourth-order valence-electron chi connectivity index (χ4n) is 2.51. The molecule has 1 aliphatic heterocycles. The SMILES string of the molecule is CCOc1ccc(OCC)c(N[C@H](C)C(=O)N2CCOCC2)c1. The van der Waals surface area contributed by atoms with E-state index in [2.05, 4.69) is 5.32 Å². The average Bonchev–Trinajstić information content (AvgIpc) is 2.57.